The van der Waals surface area contributed by atoms with Gasteiger partial charge in [0.15, 0.2) is 0 Å². The molecule has 1 aromatic heterocycles. The van der Waals surface area contributed by atoms with Crippen molar-refractivity contribution in [3.05, 3.63) is 19.9 Å². The smallest absolute Gasteiger partial charge is 0.326 e. The van der Waals surface area contributed by atoms with E-state index in [1.807, 2.05) is 6.92 Å². The number of rotatable bonds is 5. The molecule has 0 spiro atoms. The lowest BCUT2D eigenvalue weighted by Gasteiger charge is -2.12. The van der Waals surface area contributed by atoms with Gasteiger partial charge in [-0.15, -0.1) is 11.3 Å². The summed E-state index contributed by atoms with van der Waals surface area (Å²) in [5, 5.41) is 13.1. The average Bonchev–Trinajstić information content (AvgIpc) is 2.64. The van der Waals surface area contributed by atoms with E-state index in [4.69, 9.17) is 5.11 Å². The van der Waals surface area contributed by atoms with Crippen molar-refractivity contribution < 1.29 is 14.7 Å². The first-order valence-electron chi connectivity index (χ1n) is 4.82. The molecule has 0 aliphatic rings. The summed E-state index contributed by atoms with van der Waals surface area (Å²) < 4.78 is 1.00. The SMILES string of the molecule is CCC[C@@H](NC(=O)c1csc(I)c1)C(=O)O. The van der Waals surface area contributed by atoms with Crippen LogP contribution in [0.25, 0.3) is 0 Å². The van der Waals surface area contributed by atoms with Crippen molar-refractivity contribution in [1.29, 1.82) is 0 Å². The molecule has 0 saturated carbocycles. The fourth-order valence-corrected chi connectivity index (χ4v) is 2.54. The van der Waals surface area contributed by atoms with Crippen molar-refractivity contribution >= 4 is 45.8 Å². The highest BCUT2D eigenvalue weighted by Gasteiger charge is 2.19. The first-order chi connectivity index (χ1) is 7.54. The number of carboxylic acids is 1. The Morgan fingerprint density at radius 1 is 1.62 bits per heavy atom. The average molecular weight is 353 g/mol. The van der Waals surface area contributed by atoms with Crippen molar-refractivity contribution in [2.45, 2.75) is 25.8 Å². The number of carbonyl (C=O) groups excluding carboxylic acids is 1. The highest BCUT2D eigenvalue weighted by Crippen LogP contribution is 2.16. The highest BCUT2D eigenvalue weighted by molar-refractivity contribution is 14.1. The number of carbonyl (C=O) groups is 2. The summed E-state index contributed by atoms with van der Waals surface area (Å²) in [6.07, 6.45) is 1.17. The fraction of sp³-hybridized carbons (Fsp3) is 0.400. The summed E-state index contributed by atoms with van der Waals surface area (Å²) in [5.41, 5.74) is 0.525. The van der Waals surface area contributed by atoms with Crippen LogP contribution in [0.4, 0.5) is 0 Å². The van der Waals surface area contributed by atoms with Crippen LogP contribution in [-0.2, 0) is 4.79 Å². The Morgan fingerprint density at radius 2 is 2.31 bits per heavy atom. The maximum Gasteiger partial charge on any atom is 0.326 e. The maximum absolute atomic E-state index is 11.7. The second-order valence-electron chi connectivity index (χ2n) is 3.29. The van der Waals surface area contributed by atoms with Crippen LogP contribution < -0.4 is 5.32 Å². The number of hydrogen-bond acceptors (Lipinski definition) is 3. The Balaban J connectivity index is 2.65. The second-order valence-corrected chi connectivity index (χ2v) is 6.10. The lowest BCUT2D eigenvalue weighted by atomic mass is 10.1. The zero-order valence-electron chi connectivity index (χ0n) is 8.70. The van der Waals surface area contributed by atoms with E-state index >= 15 is 0 Å². The Labute approximate surface area is 111 Å². The lowest BCUT2D eigenvalue weighted by Crippen LogP contribution is -2.40. The van der Waals surface area contributed by atoms with Gasteiger partial charge in [0.1, 0.15) is 6.04 Å². The number of amides is 1. The summed E-state index contributed by atoms with van der Waals surface area (Å²) in [6, 6.07) is 0.945. The van der Waals surface area contributed by atoms with Gasteiger partial charge in [-0.3, -0.25) is 4.79 Å². The molecule has 0 fully saturated rings. The summed E-state index contributed by atoms with van der Waals surface area (Å²) in [6.45, 7) is 1.88. The van der Waals surface area contributed by atoms with E-state index in [0.29, 0.717) is 12.0 Å². The minimum absolute atomic E-state index is 0.319. The number of hydrogen-bond donors (Lipinski definition) is 2. The quantitative estimate of drug-likeness (QED) is 0.799. The van der Waals surface area contributed by atoms with Gasteiger partial charge in [0.2, 0.25) is 0 Å². The van der Waals surface area contributed by atoms with E-state index in [-0.39, 0.29) is 5.91 Å². The molecule has 2 N–H and O–H groups in total. The molecule has 4 nitrogen and oxygen atoms in total. The zero-order chi connectivity index (χ0) is 12.1. The molecule has 0 bridgehead atoms. The standard InChI is InChI=1S/C10H12INO3S/c1-2-3-7(10(14)15)12-9(13)6-4-8(11)16-5-6/h4-5,7H,2-3H2,1H3,(H,12,13)(H,14,15)/t7-/m1/s1. The third kappa shape index (κ3) is 3.75. The van der Waals surface area contributed by atoms with Gasteiger partial charge in [0, 0.05) is 5.38 Å². The van der Waals surface area contributed by atoms with E-state index < -0.39 is 12.0 Å². The summed E-state index contributed by atoms with van der Waals surface area (Å²) >= 11 is 3.58. The molecule has 0 aliphatic heterocycles. The van der Waals surface area contributed by atoms with Crippen LogP contribution in [0.5, 0.6) is 0 Å². The third-order valence-corrected chi connectivity index (χ3v) is 3.80. The zero-order valence-corrected chi connectivity index (χ0v) is 11.7. The molecule has 1 heterocycles. The number of nitrogens with one attached hydrogen (secondary N) is 1. The van der Waals surface area contributed by atoms with Crippen molar-refractivity contribution in [3.8, 4) is 0 Å². The van der Waals surface area contributed by atoms with Crippen molar-refractivity contribution in [1.82, 2.24) is 5.32 Å². The van der Waals surface area contributed by atoms with Crippen LogP contribution in [0.3, 0.4) is 0 Å². The molecular formula is C10H12INO3S. The molecule has 0 saturated heterocycles. The normalized spacial score (nSPS) is 12.1. The van der Waals surface area contributed by atoms with E-state index in [1.165, 1.54) is 11.3 Å². The van der Waals surface area contributed by atoms with Gasteiger partial charge in [-0.25, -0.2) is 4.79 Å². The van der Waals surface area contributed by atoms with Crippen LogP contribution >= 0.6 is 33.9 Å². The lowest BCUT2D eigenvalue weighted by molar-refractivity contribution is -0.139. The van der Waals surface area contributed by atoms with Gasteiger partial charge >= 0.3 is 5.97 Å². The Hall–Kier alpha value is -0.630. The summed E-state index contributed by atoms with van der Waals surface area (Å²) in [4.78, 5) is 22.5. The first-order valence-corrected chi connectivity index (χ1v) is 6.78. The third-order valence-electron chi connectivity index (χ3n) is 2.01. The predicted octanol–water partition coefficient (Wildman–Crippen LogP) is 2.34. The molecule has 6 heteroatoms. The van der Waals surface area contributed by atoms with Gasteiger partial charge in [0.05, 0.1) is 8.45 Å². The van der Waals surface area contributed by atoms with Crippen LogP contribution in [-0.4, -0.2) is 23.0 Å². The minimum Gasteiger partial charge on any atom is -0.480 e. The second kappa shape index (κ2) is 6.19. The first kappa shape index (κ1) is 13.4. The number of carboxylic acid groups (broad SMARTS) is 1. The Bertz CT molecular complexity index is 391. The van der Waals surface area contributed by atoms with Gasteiger partial charge in [0.25, 0.3) is 5.91 Å². The highest BCUT2D eigenvalue weighted by atomic mass is 127. The van der Waals surface area contributed by atoms with E-state index in [1.54, 1.807) is 11.4 Å². The Kier molecular flexibility index (Phi) is 5.20. The predicted molar refractivity (Wildman–Crippen MR) is 70.8 cm³/mol. The molecule has 0 aliphatic carbocycles. The van der Waals surface area contributed by atoms with Crippen LogP contribution in [0, 0.1) is 2.88 Å². The molecule has 0 aromatic carbocycles. The van der Waals surface area contributed by atoms with Crippen LogP contribution in [0.1, 0.15) is 30.1 Å². The molecule has 1 atom stereocenters. The number of thiophene rings is 1. The number of aliphatic carboxylic acids is 1. The monoisotopic (exact) mass is 353 g/mol. The molecular weight excluding hydrogens is 341 g/mol. The van der Waals surface area contributed by atoms with Gasteiger partial charge in [-0.05, 0) is 35.1 Å². The molecule has 0 unspecified atom stereocenters. The van der Waals surface area contributed by atoms with Crippen LogP contribution in [0.15, 0.2) is 11.4 Å². The van der Waals surface area contributed by atoms with Crippen molar-refractivity contribution in [2.24, 2.45) is 0 Å². The van der Waals surface area contributed by atoms with Crippen molar-refractivity contribution in [3.63, 3.8) is 0 Å². The minimum atomic E-state index is -0.986. The topological polar surface area (TPSA) is 66.4 Å². The molecule has 1 rings (SSSR count). The molecule has 16 heavy (non-hydrogen) atoms. The summed E-state index contributed by atoms with van der Waals surface area (Å²) in [7, 11) is 0. The Morgan fingerprint density at radius 3 is 2.75 bits per heavy atom. The van der Waals surface area contributed by atoms with Crippen LogP contribution in [0.2, 0.25) is 0 Å². The van der Waals surface area contributed by atoms with Gasteiger partial charge in [-0.1, -0.05) is 13.3 Å². The van der Waals surface area contributed by atoms with Crippen molar-refractivity contribution in [2.75, 3.05) is 0 Å². The van der Waals surface area contributed by atoms with E-state index in [0.717, 1.165) is 9.30 Å². The molecule has 1 amide bonds. The number of halogens is 1. The largest absolute Gasteiger partial charge is 0.480 e. The van der Waals surface area contributed by atoms with Gasteiger partial charge < -0.3 is 10.4 Å². The molecule has 0 radical (unpaired) electrons. The fourth-order valence-electron chi connectivity index (χ4n) is 1.22. The van der Waals surface area contributed by atoms with E-state index in [2.05, 4.69) is 27.9 Å². The maximum atomic E-state index is 11.7. The van der Waals surface area contributed by atoms with E-state index in [9.17, 15) is 9.59 Å². The summed E-state index contributed by atoms with van der Waals surface area (Å²) in [5.74, 6) is -1.31. The molecule has 88 valence electrons. The van der Waals surface area contributed by atoms with Gasteiger partial charge in [-0.2, -0.15) is 0 Å². The molecule has 1 aromatic rings.